The van der Waals surface area contributed by atoms with Crippen molar-refractivity contribution in [1.29, 1.82) is 0 Å². The summed E-state index contributed by atoms with van der Waals surface area (Å²) in [6.45, 7) is 1.73. The third-order valence-electron chi connectivity index (χ3n) is 6.26. The monoisotopic (exact) mass is 507 g/mol. The molecule has 0 saturated carbocycles. The number of methoxy groups -OCH3 is 3. The molecule has 10 heteroatoms. The SMILES string of the molecule is COc1ccc([C@H](CC(=O)NCc2nc3ccccc3n2C)c2c(O)cc(C)oc2=O)c(OC)c1OC. The Bertz CT molecular complexity index is 1510. The van der Waals surface area contributed by atoms with Gasteiger partial charge in [0.1, 0.15) is 17.3 Å². The van der Waals surface area contributed by atoms with Crippen molar-refractivity contribution in [3.05, 3.63) is 75.6 Å². The number of carbonyl (C=O) groups excluding carboxylic acids is 1. The summed E-state index contributed by atoms with van der Waals surface area (Å²) in [5, 5.41) is 13.6. The molecule has 0 aliphatic heterocycles. The van der Waals surface area contributed by atoms with Gasteiger partial charge in [0.15, 0.2) is 11.5 Å². The minimum absolute atomic E-state index is 0.0611. The molecule has 37 heavy (non-hydrogen) atoms. The molecule has 4 rings (SSSR count). The molecular weight excluding hydrogens is 478 g/mol. The Morgan fingerprint density at radius 2 is 1.84 bits per heavy atom. The number of carbonyl (C=O) groups is 1. The first-order valence-electron chi connectivity index (χ1n) is 11.6. The number of aromatic nitrogens is 2. The van der Waals surface area contributed by atoms with Crippen LogP contribution in [0.1, 0.15) is 35.1 Å². The van der Waals surface area contributed by atoms with E-state index in [0.717, 1.165) is 11.0 Å². The van der Waals surface area contributed by atoms with E-state index >= 15 is 0 Å². The molecule has 1 atom stereocenters. The molecular formula is C27H29N3O7. The third-order valence-corrected chi connectivity index (χ3v) is 6.26. The molecule has 0 radical (unpaired) electrons. The summed E-state index contributed by atoms with van der Waals surface area (Å²) in [5.41, 5.74) is 1.41. The number of ether oxygens (including phenoxy) is 3. The summed E-state index contributed by atoms with van der Waals surface area (Å²) in [5.74, 6) is 0.341. The second kappa shape index (κ2) is 10.7. The number of hydrogen-bond donors (Lipinski definition) is 2. The molecule has 4 aromatic rings. The second-order valence-corrected chi connectivity index (χ2v) is 8.48. The van der Waals surface area contributed by atoms with Crippen LogP contribution in [0.5, 0.6) is 23.0 Å². The fourth-order valence-electron chi connectivity index (χ4n) is 4.48. The molecule has 2 heterocycles. The Labute approximate surface area is 213 Å². The van der Waals surface area contributed by atoms with E-state index in [0.29, 0.717) is 22.9 Å². The van der Waals surface area contributed by atoms with Crippen molar-refractivity contribution in [3.63, 3.8) is 0 Å². The number of fused-ring (bicyclic) bond motifs is 1. The molecule has 194 valence electrons. The lowest BCUT2D eigenvalue weighted by Crippen LogP contribution is -2.28. The van der Waals surface area contributed by atoms with Crippen LogP contribution in [-0.2, 0) is 18.4 Å². The van der Waals surface area contributed by atoms with Gasteiger partial charge in [0.25, 0.3) is 0 Å². The number of amides is 1. The minimum atomic E-state index is -0.910. The Kier molecular flexibility index (Phi) is 7.37. The number of nitrogens with one attached hydrogen (secondary N) is 1. The Morgan fingerprint density at radius 3 is 2.49 bits per heavy atom. The van der Waals surface area contributed by atoms with E-state index in [2.05, 4.69) is 10.3 Å². The van der Waals surface area contributed by atoms with Gasteiger partial charge < -0.3 is 33.6 Å². The lowest BCUT2D eigenvalue weighted by Gasteiger charge is -2.22. The first-order valence-corrected chi connectivity index (χ1v) is 11.6. The highest BCUT2D eigenvalue weighted by molar-refractivity contribution is 5.79. The number of benzene rings is 2. The average Bonchev–Trinajstić information content (AvgIpc) is 3.20. The molecule has 2 N–H and O–H groups in total. The number of aryl methyl sites for hydroxylation is 2. The van der Waals surface area contributed by atoms with E-state index in [1.54, 1.807) is 19.1 Å². The number of para-hydroxylation sites is 2. The van der Waals surface area contributed by atoms with Crippen LogP contribution in [0.4, 0.5) is 0 Å². The zero-order chi connectivity index (χ0) is 26.7. The molecule has 0 bridgehead atoms. The quantitative estimate of drug-likeness (QED) is 0.353. The summed E-state index contributed by atoms with van der Waals surface area (Å²) in [6.07, 6.45) is -0.183. The summed E-state index contributed by atoms with van der Waals surface area (Å²) in [6, 6.07) is 12.3. The smallest absolute Gasteiger partial charge is 0.343 e. The number of rotatable bonds is 9. The van der Waals surface area contributed by atoms with Gasteiger partial charge in [-0.25, -0.2) is 9.78 Å². The lowest BCUT2D eigenvalue weighted by molar-refractivity contribution is -0.121. The van der Waals surface area contributed by atoms with Crippen molar-refractivity contribution in [2.24, 2.45) is 7.05 Å². The second-order valence-electron chi connectivity index (χ2n) is 8.48. The van der Waals surface area contributed by atoms with Gasteiger partial charge in [0.2, 0.25) is 11.7 Å². The predicted molar refractivity (Wildman–Crippen MR) is 136 cm³/mol. The number of imidazole rings is 1. The lowest BCUT2D eigenvalue weighted by atomic mass is 9.87. The zero-order valence-electron chi connectivity index (χ0n) is 21.3. The average molecular weight is 508 g/mol. The maximum atomic E-state index is 13.2. The van der Waals surface area contributed by atoms with Crippen LogP contribution in [0.25, 0.3) is 11.0 Å². The largest absolute Gasteiger partial charge is 0.507 e. The van der Waals surface area contributed by atoms with E-state index in [1.165, 1.54) is 27.4 Å². The van der Waals surface area contributed by atoms with Gasteiger partial charge >= 0.3 is 5.63 Å². The molecule has 2 aromatic heterocycles. The molecule has 0 aliphatic carbocycles. The van der Waals surface area contributed by atoms with Gasteiger partial charge in [-0.15, -0.1) is 0 Å². The fourth-order valence-corrected chi connectivity index (χ4v) is 4.48. The Balaban J connectivity index is 1.71. The van der Waals surface area contributed by atoms with Crippen LogP contribution < -0.4 is 25.2 Å². The highest BCUT2D eigenvalue weighted by Gasteiger charge is 2.30. The fraction of sp³-hybridized carbons (Fsp3) is 0.296. The highest BCUT2D eigenvalue weighted by Crippen LogP contribution is 2.45. The maximum absolute atomic E-state index is 13.2. The minimum Gasteiger partial charge on any atom is -0.507 e. The topological polar surface area (TPSA) is 125 Å². The summed E-state index contributed by atoms with van der Waals surface area (Å²) < 4.78 is 23.6. The van der Waals surface area contributed by atoms with Gasteiger partial charge in [0.05, 0.1) is 44.5 Å². The van der Waals surface area contributed by atoms with E-state index in [-0.39, 0.29) is 41.7 Å². The number of nitrogens with zero attached hydrogens (tertiary/aromatic N) is 2. The van der Waals surface area contributed by atoms with Crippen LogP contribution in [0.3, 0.4) is 0 Å². The standard InChI is InChI=1S/C27H29N3O7/c1-15-12-20(31)24(27(33)37-15)17(16-10-11-21(34-3)26(36-5)25(16)35-4)13-23(32)28-14-22-29-18-8-6-7-9-19(18)30(22)2/h6-12,17,31H,13-14H2,1-5H3,(H,28,32)/t17-/m0/s1. The van der Waals surface area contributed by atoms with Crippen molar-refractivity contribution in [2.45, 2.75) is 25.8 Å². The molecule has 0 unspecified atom stereocenters. The van der Waals surface area contributed by atoms with E-state index in [1.807, 2.05) is 35.9 Å². The highest BCUT2D eigenvalue weighted by atomic mass is 16.5. The van der Waals surface area contributed by atoms with Crippen LogP contribution in [-0.4, -0.2) is 41.9 Å². The zero-order valence-corrected chi connectivity index (χ0v) is 21.3. The Morgan fingerprint density at radius 1 is 1.11 bits per heavy atom. The first kappa shape index (κ1) is 25.6. The molecule has 10 nitrogen and oxygen atoms in total. The third kappa shape index (κ3) is 4.95. The van der Waals surface area contributed by atoms with Crippen molar-refractivity contribution < 1.29 is 28.5 Å². The molecule has 0 saturated heterocycles. The van der Waals surface area contributed by atoms with Gasteiger partial charge in [0, 0.05) is 31.0 Å². The van der Waals surface area contributed by atoms with Crippen molar-refractivity contribution in [1.82, 2.24) is 14.9 Å². The van der Waals surface area contributed by atoms with Crippen LogP contribution in [0, 0.1) is 6.92 Å². The van der Waals surface area contributed by atoms with E-state index in [4.69, 9.17) is 18.6 Å². The summed E-state index contributed by atoms with van der Waals surface area (Å²) >= 11 is 0. The van der Waals surface area contributed by atoms with Gasteiger partial charge in [-0.1, -0.05) is 18.2 Å². The van der Waals surface area contributed by atoms with Crippen molar-refractivity contribution >= 4 is 16.9 Å². The summed E-state index contributed by atoms with van der Waals surface area (Å²) in [4.78, 5) is 30.7. The number of hydrogen-bond acceptors (Lipinski definition) is 8. The normalized spacial score (nSPS) is 11.8. The molecule has 0 spiro atoms. The molecule has 0 fully saturated rings. The van der Waals surface area contributed by atoms with Gasteiger partial charge in [-0.2, -0.15) is 0 Å². The van der Waals surface area contributed by atoms with Crippen LogP contribution >= 0.6 is 0 Å². The molecule has 1 amide bonds. The predicted octanol–water partition coefficient (Wildman–Crippen LogP) is 3.40. The Hall–Kier alpha value is -4.47. The van der Waals surface area contributed by atoms with Gasteiger partial charge in [-0.05, 0) is 25.1 Å². The van der Waals surface area contributed by atoms with Gasteiger partial charge in [-0.3, -0.25) is 4.79 Å². The summed E-state index contributed by atoms with van der Waals surface area (Å²) in [7, 11) is 6.27. The van der Waals surface area contributed by atoms with Crippen LogP contribution in [0.2, 0.25) is 0 Å². The first-order chi connectivity index (χ1) is 17.8. The van der Waals surface area contributed by atoms with Crippen LogP contribution in [0.15, 0.2) is 51.7 Å². The number of aromatic hydroxyl groups is 1. The van der Waals surface area contributed by atoms with E-state index < -0.39 is 11.5 Å². The molecule has 2 aromatic carbocycles. The van der Waals surface area contributed by atoms with Crippen molar-refractivity contribution in [2.75, 3.05) is 21.3 Å². The van der Waals surface area contributed by atoms with Crippen molar-refractivity contribution in [3.8, 4) is 23.0 Å². The maximum Gasteiger partial charge on any atom is 0.343 e. The molecule has 0 aliphatic rings. The van der Waals surface area contributed by atoms with E-state index in [9.17, 15) is 14.7 Å².